The Morgan fingerprint density at radius 1 is 1.40 bits per heavy atom. The quantitative estimate of drug-likeness (QED) is 0.746. The summed E-state index contributed by atoms with van der Waals surface area (Å²) in [6.45, 7) is 4.41. The number of aryl methyl sites for hydroxylation is 2. The first-order chi connectivity index (χ1) is 9.19. The number of hydrogen-bond donors (Lipinski definition) is 2. The van der Waals surface area contributed by atoms with Gasteiger partial charge in [-0.05, 0) is 13.8 Å². The molecule has 2 N–H and O–H groups in total. The molecule has 1 aromatic heterocycles. The number of aliphatic carboxylic acids is 1. The molecule has 0 aromatic carbocycles. The first-order valence-electron chi connectivity index (χ1n) is 5.88. The first-order valence-corrected chi connectivity index (χ1v) is 7.37. The van der Waals surface area contributed by atoms with Crippen LogP contribution < -0.4 is 4.72 Å². The van der Waals surface area contributed by atoms with Crippen LogP contribution in [-0.4, -0.2) is 36.5 Å². The lowest BCUT2D eigenvalue weighted by Crippen LogP contribution is -2.42. The largest absolute Gasteiger partial charge is 0.480 e. The molecule has 0 saturated carbocycles. The van der Waals surface area contributed by atoms with E-state index in [4.69, 9.17) is 9.63 Å². The average Bonchev–Trinajstić information content (AvgIpc) is 2.68. The van der Waals surface area contributed by atoms with Crippen molar-refractivity contribution in [2.75, 3.05) is 0 Å². The number of carboxylic acid groups (broad SMARTS) is 1. The second-order valence-electron chi connectivity index (χ2n) is 4.26. The van der Waals surface area contributed by atoms with Gasteiger partial charge in [0.2, 0.25) is 10.0 Å². The van der Waals surface area contributed by atoms with Crippen LogP contribution in [0, 0.1) is 13.8 Å². The maximum absolute atomic E-state index is 12.1. The normalized spacial score (nSPS) is 13.2. The van der Waals surface area contributed by atoms with E-state index in [9.17, 15) is 18.0 Å². The van der Waals surface area contributed by atoms with Gasteiger partial charge in [-0.15, -0.1) is 0 Å². The van der Waals surface area contributed by atoms with E-state index in [1.54, 1.807) is 6.92 Å². The topological polar surface area (TPSA) is 127 Å². The Balaban J connectivity index is 3.04. The minimum atomic E-state index is -4.12. The van der Waals surface area contributed by atoms with Crippen molar-refractivity contribution in [1.82, 2.24) is 9.88 Å². The van der Waals surface area contributed by atoms with E-state index in [0.29, 0.717) is 0 Å². The third-order valence-corrected chi connectivity index (χ3v) is 4.37. The number of nitrogens with zero attached hydrogens (tertiary/aromatic N) is 1. The van der Waals surface area contributed by atoms with Gasteiger partial charge in [0, 0.05) is 12.8 Å². The molecule has 0 saturated heterocycles. The lowest BCUT2D eigenvalue weighted by atomic mass is 10.1. The molecule has 0 spiro atoms. The number of aromatic nitrogens is 1. The number of carbonyl (C=O) groups is 2. The third kappa shape index (κ3) is 3.64. The molecule has 0 amide bonds. The SMILES string of the molecule is CCC(=O)CC(NS(=O)(=O)c1c(C)noc1C)C(=O)O. The van der Waals surface area contributed by atoms with Gasteiger partial charge in [-0.3, -0.25) is 9.59 Å². The zero-order valence-electron chi connectivity index (χ0n) is 11.3. The summed E-state index contributed by atoms with van der Waals surface area (Å²) in [5.41, 5.74) is 0.126. The summed E-state index contributed by atoms with van der Waals surface area (Å²) < 4.78 is 31.0. The number of carboxylic acids is 1. The molecule has 0 aliphatic heterocycles. The molecule has 112 valence electrons. The van der Waals surface area contributed by atoms with Crippen LogP contribution in [0.3, 0.4) is 0 Å². The smallest absolute Gasteiger partial charge is 0.322 e. The highest BCUT2D eigenvalue weighted by Gasteiger charge is 2.31. The Kier molecular flexibility index (Phi) is 5.01. The van der Waals surface area contributed by atoms with Gasteiger partial charge in [0.15, 0.2) is 5.76 Å². The van der Waals surface area contributed by atoms with E-state index in [-0.39, 0.29) is 28.6 Å². The van der Waals surface area contributed by atoms with Crippen molar-refractivity contribution in [2.24, 2.45) is 0 Å². The minimum absolute atomic E-state index is 0.0564. The Labute approximate surface area is 116 Å². The molecule has 1 atom stereocenters. The van der Waals surface area contributed by atoms with Gasteiger partial charge in [-0.2, -0.15) is 4.72 Å². The van der Waals surface area contributed by atoms with Crippen molar-refractivity contribution in [2.45, 2.75) is 44.6 Å². The molecule has 1 heterocycles. The van der Waals surface area contributed by atoms with E-state index < -0.39 is 28.5 Å². The van der Waals surface area contributed by atoms with Crippen molar-refractivity contribution in [3.05, 3.63) is 11.5 Å². The lowest BCUT2D eigenvalue weighted by Gasteiger charge is -2.13. The molecule has 1 rings (SSSR count). The van der Waals surface area contributed by atoms with E-state index in [2.05, 4.69) is 5.16 Å². The Morgan fingerprint density at radius 3 is 2.40 bits per heavy atom. The van der Waals surface area contributed by atoms with Crippen molar-refractivity contribution >= 4 is 21.8 Å². The van der Waals surface area contributed by atoms with Crippen LogP contribution in [-0.2, 0) is 19.6 Å². The van der Waals surface area contributed by atoms with Crippen molar-refractivity contribution in [3.8, 4) is 0 Å². The van der Waals surface area contributed by atoms with Gasteiger partial charge >= 0.3 is 5.97 Å². The number of hydrogen-bond acceptors (Lipinski definition) is 6. The molecule has 20 heavy (non-hydrogen) atoms. The zero-order chi connectivity index (χ0) is 15.5. The van der Waals surface area contributed by atoms with Crippen LogP contribution in [0.25, 0.3) is 0 Å². The number of rotatable bonds is 7. The second kappa shape index (κ2) is 6.14. The molecule has 1 unspecified atom stereocenters. The first kappa shape index (κ1) is 16.3. The number of carbonyl (C=O) groups excluding carboxylic acids is 1. The number of sulfonamides is 1. The van der Waals surface area contributed by atoms with Crippen LogP contribution in [0.4, 0.5) is 0 Å². The maximum atomic E-state index is 12.1. The molecule has 9 heteroatoms. The van der Waals surface area contributed by atoms with Crippen molar-refractivity contribution in [3.63, 3.8) is 0 Å². The molecular weight excluding hydrogens is 288 g/mol. The maximum Gasteiger partial charge on any atom is 0.322 e. The highest BCUT2D eigenvalue weighted by atomic mass is 32.2. The fourth-order valence-corrected chi connectivity index (χ4v) is 3.17. The highest BCUT2D eigenvalue weighted by Crippen LogP contribution is 2.19. The van der Waals surface area contributed by atoms with Crippen LogP contribution >= 0.6 is 0 Å². The Bertz CT molecular complexity index is 599. The molecule has 0 aliphatic carbocycles. The molecule has 1 aromatic rings. The van der Waals surface area contributed by atoms with E-state index >= 15 is 0 Å². The van der Waals surface area contributed by atoms with Gasteiger partial charge in [0.25, 0.3) is 0 Å². The van der Waals surface area contributed by atoms with Gasteiger partial charge in [0.1, 0.15) is 22.4 Å². The zero-order valence-corrected chi connectivity index (χ0v) is 12.2. The van der Waals surface area contributed by atoms with Crippen LogP contribution in [0.15, 0.2) is 9.42 Å². The summed E-state index contributed by atoms with van der Waals surface area (Å²) in [6, 6.07) is -1.51. The van der Waals surface area contributed by atoms with E-state index in [1.165, 1.54) is 13.8 Å². The summed E-state index contributed by atoms with van der Waals surface area (Å²) in [7, 11) is -4.12. The monoisotopic (exact) mass is 304 g/mol. The van der Waals surface area contributed by atoms with E-state index in [1.807, 2.05) is 4.72 Å². The van der Waals surface area contributed by atoms with Gasteiger partial charge < -0.3 is 9.63 Å². The van der Waals surface area contributed by atoms with Gasteiger partial charge in [-0.1, -0.05) is 12.1 Å². The number of nitrogens with one attached hydrogen (secondary N) is 1. The molecule has 0 radical (unpaired) electrons. The van der Waals surface area contributed by atoms with E-state index in [0.717, 1.165) is 0 Å². The predicted octanol–water partition coefficient (Wildman–Crippen LogP) is 0.392. The fourth-order valence-electron chi connectivity index (χ4n) is 1.66. The number of Topliss-reactive ketones (excluding diaryl/α,β-unsaturated/α-hetero) is 1. The minimum Gasteiger partial charge on any atom is -0.480 e. The molecule has 8 nitrogen and oxygen atoms in total. The van der Waals surface area contributed by atoms with Gasteiger partial charge in [-0.25, -0.2) is 8.42 Å². The Hall–Kier alpha value is -1.74. The summed E-state index contributed by atoms with van der Waals surface area (Å²) in [4.78, 5) is 22.2. The fraction of sp³-hybridized carbons (Fsp3) is 0.545. The van der Waals surface area contributed by atoms with Crippen molar-refractivity contribution < 1.29 is 27.6 Å². The third-order valence-electron chi connectivity index (χ3n) is 2.66. The van der Waals surface area contributed by atoms with Crippen LogP contribution in [0.2, 0.25) is 0 Å². The Morgan fingerprint density at radius 2 is 2.00 bits per heavy atom. The lowest BCUT2D eigenvalue weighted by molar-refractivity contribution is -0.140. The summed E-state index contributed by atoms with van der Waals surface area (Å²) in [6.07, 6.45) is -0.273. The summed E-state index contributed by atoms with van der Waals surface area (Å²) in [5, 5.41) is 12.5. The molecule has 0 bridgehead atoms. The average molecular weight is 304 g/mol. The standard InChI is InChI=1S/C11H16N2O6S/c1-4-8(14)5-9(11(15)16)13-20(17,18)10-6(2)12-19-7(10)3/h9,13H,4-5H2,1-3H3,(H,15,16). The highest BCUT2D eigenvalue weighted by molar-refractivity contribution is 7.89. The van der Waals surface area contributed by atoms with Crippen molar-refractivity contribution in [1.29, 1.82) is 0 Å². The van der Waals surface area contributed by atoms with Gasteiger partial charge in [0.05, 0.1) is 0 Å². The number of ketones is 1. The molecule has 0 aliphatic rings. The molecular formula is C11H16N2O6S. The summed E-state index contributed by atoms with van der Waals surface area (Å²) >= 11 is 0. The molecule has 0 fully saturated rings. The predicted molar refractivity (Wildman–Crippen MR) is 67.6 cm³/mol. The van der Waals surface area contributed by atoms with Crippen LogP contribution in [0.5, 0.6) is 0 Å². The van der Waals surface area contributed by atoms with Crippen LogP contribution in [0.1, 0.15) is 31.2 Å². The summed E-state index contributed by atoms with van der Waals surface area (Å²) in [5.74, 6) is -1.71. The second-order valence-corrected chi connectivity index (χ2v) is 5.91.